The first-order chi connectivity index (χ1) is 7.72. The lowest BCUT2D eigenvalue weighted by molar-refractivity contribution is 0.321. The van der Waals surface area contributed by atoms with Crippen molar-refractivity contribution in [3.8, 4) is 5.75 Å². The summed E-state index contributed by atoms with van der Waals surface area (Å²) in [5, 5.41) is 6.19. The number of benzene rings is 1. The Morgan fingerprint density at radius 2 is 2.12 bits per heavy atom. The fourth-order valence-electron chi connectivity index (χ4n) is 1.60. The van der Waals surface area contributed by atoms with E-state index in [-0.39, 0.29) is 11.9 Å². The van der Waals surface area contributed by atoms with Crippen molar-refractivity contribution in [2.75, 3.05) is 27.2 Å². The summed E-state index contributed by atoms with van der Waals surface area (Å²) >= 11 is 0. The van der Waals surface area contributed by atoms with Gasteiger partial charge in [0.15, 0.2) is 11.6 Å². The molecule has 16 heavy (non-hydrogen) atoms. The third-order valence-corrected chi connectivity index (χ3v) is 2.41. The minimum atomic E-state index is -0.310. The molecule has 4 heteroatoms. The molecule has 0 aliphatic heterocycles. The van der Waals surface area contributed by atoms with Crippen molar-refractivity contribution in [2.24, 2.45) is 0 Å². The summed E-state index contributed by atoms with van der Waals surface area (Å²) in [7, 11) is 3.73. The lowest BCUT2D eigenvalue weighted by atomic mass is 10.1. The number of likely N-dealkylation sites (N-methyl/N-ethyl adjacent to an activating group) is 2. The molecule has 1 aromatic carbocycles. The molecule has 1 rings (SSSR count). The van der Waals surface area contributed by atoms with E-state index in [0.717, 1.165) is 12.1 Å². The normalized spacial score (nSPS) is 12.5. The van der Waals surface area contributed by atoms with Gasteiger partial charge in [0.05, 0.1) is 6.61 Å². The van der Waals surface area contributed by atoms with Crippen LogP contribution >= 0.6 is 0 Å². The van der Waals surface area contributed by atoms with Gasteiger partial charge in [-0.3, -0.25) is 0 Å². The smallest absolute Gasteiger partial charge is 0.165 e. The molecule has 0 radical (unpaired) electrons. The minimum absolute atomic E-state index is 0.107. The zero-order valence-electron chi connectivity index (χ0n) is 10.0. The van der Waals surface area contributed by atoms with Crippen LogP contribution in [-0.4, -0.2) is 27.2 Å². The van der Waals surface area contributed by atoms with Gasteiger partial charge >= 0.3 is 0 Å². The van der Waals surface area contributed by atoms with E-state index >= 15 is 0 Å². The van der Waals surface area contributed by atoms with Crippen molar-refractivity contribution in [1.82, 2.24) is 10.6 Å². The Balaban J connectivity index is 2.85. The van der Waals surface area contributed by atoms with E-state index in [0.29, 0.717) is 12.4 Å². The minimum Gasteiger partial charge on any atom is -0.491 e. The van der Waals surface area contributed by atoms with Crippen LogP contribution in [0.5, 0.6) is 5.75 Å². The van der Waals surface area contributed by atoms with Crippen LogP contribution in [0.1, 0.15) is 18.5 Å². The largest absolute Gasteiger partial charge is 0.491 e. The monoisotopic (exact) mass is 226 g/mol. The number of rotatable bonds is 6. The fourth-order valence-corrected chi connectivity index (χ4v) is 1.60. The number of hydrogen-bond acceptors (Lipinski definition) is 3. The van der Waals surface area contributed by atoms with Crippen molar-refractivity contribution in [1.29, 1.82) is 0 Å². The van der Waals surface area contributed by atoms with Gasteiger partial charge in [0, 0.05) is 12.6 Å². The van der Waals surface area contributed by atoms with Gasteiger partial charge < -0.3 is 15.4 Å². The topological polar surface area (TPSA) is 33.3 Å². The number of halogens is 1. The molecule has 1 atom stereocenters. The van der Waals surface area contributed by atoms with Crippen LogP contribution in [0.3, 0.4) is 0 Å². The Morgan fingerprint density at radius 1 is 1.38 bits per heavy atom. The molecule has 0 saturated carbocycles. The molecular weight excluding hydrogens is 207 g/mol. The van der Waals surface area contributed by atoms with E-state index in [1.54, 1.807) is 6.07 Å². The average molecular weight is 226 g/mol. The molecular formula is C12H19FN2O. The molecule has 90 valence electrons. The van der Waals surface area contributed by atoms with Crippen LogP contribution in [0.15, 0.2) is 18.2 Å². The number of ether oxygens (including phenoxy) is 1. The first-order valence-electron chi connectivity index (χ1n) is 5.47. The molecule has 0 heterocycles. The van der Waals surface area contributed by atoms with Crippen molar-refractivity contribution in [3.05, 3.63) is 29.6 Å². The van der Waals surface area contributed by atoms with Crippen LogP contribution in [0.2, 0.25) is 0 Å². The van der Waals surface area contributed by atoms with Gasteiger partial charge in [-0.05, 0) is 38.7 Å². The van der Waals surface area contributed by atoms with E-state index in [4.69, 9.17) is 4.74 Å². The van der Waals surface area contributed by atoms with E-state index in [9.17, 15) is 4.39 Å². The lowest BCUT2D eigenvalue weighted by Crippen LogP contribution is -2.27. The summed E-state index contributed by atoms with van der Waals surface area (Å²) in [5.74, 6) is 0.00117. The molecule has 0 aliphatic carbocycles. The molecule has 0 fully saturated rings. The lowest BCUT2D eigenvalue weighted by Gasteiger charge is -2.16. The van der Waals surface area contributed by atoms with Gasteiger partial charge in [-0.1, -0.05) is 6.07 Å². The van der Waals surface area contributed by atoms with Crippen LogP contribution in [-0.2, 0) is 0 Å². The quantitative estimate of drug-likeness (QED) is 0.774. The van der Waals surface area contributed by atoms with Crippen LogP contribution in [0.25, 0.3) is 0 Å². The van der Waals surface area contributed by atoms with E-state index < -0.39 is 0 Å². The Bertz CT molecular complexity index is 331. The summed E-state index contributed by atoms with van der Waals surface area (Å²) in [4.78, 5) is 0. The molecule has 1 unspecified atom stereocenters. The maximum absolute atomic E-state index is 13.6. The van der Waals surface area contributed by atoms with Gasteiger partial charge in [0.2, 0.25) is 0 Å². The Kier molecular flexibility index (Phi) is 5.22. The van der Waals surface area contributed by atoms with Crippen molar-refractivity contribution in [2.45, 2.75) is 13.0 Å². The fraction of sp³-hybridized carbons (Fsp3) is 0.500. The third-order valence-electron chi connectivity index (χ3n) is 2.41. The molecule has 0 amide bonds. The second-order valence-electron chi connectivity index (χ2n) is 3.52. The van der Waals surface area contributed by atoms with Crippen molar-refractivity contribution < 1.29 is 9.13 Å². The molecule has 2 N–H and O–H groups in total. The molecule has 0 bridgehead atoms. The number of nitrogens with one attached hydrogen (secondary N) is 2. The van der Waals surface area contributed by atoms with Crippen molar-refractivity contribution in [3.63, 3.8) is 0 Å². The standard InChI is InChI=1S/C12H19FN2O/c1-4-16-12-6-5-9(7-10(12)13)11(15-3)8-14-2/h5-7,11,14-15H,4,8H2,1-3H3. The van der Waals surface area contributed by atoms with Crippen LogP contribution in [0.4, 0.5) is 4.39 Å². The predicted octanol–water partition coefficient (Wildman–Crippen LogP) is 1.70. The summed E-state index contributed by atoms with van der Waals surface area (Å²) in [6.07, 6.45) is 0. The highest BCUT2D eigenvalue weighted by Gasteiger charge is 2.11. The Hall–Kier alpha value is -1.13. The van der Waals surface area contributed by atoms with Gasteiger partial charge in [0.1, 0.15) is 0 Å². The van der Waals surface area contributed by atoms with E-state index in [2.05, 4.69) is 10.6 Å². The molecule has 1 aromatic rings. The Morgan fingerprint density at radius 3 is 2.62 bits per heavy atom. The zero-order valence-corrected chi connectivity index (χ0v) is 10.0. The van der Waals surface area contributed by atoms with Gasteiger partial charge in [-0.25, -0.2) is 4.39 Å². The summed E-state index contributed by atoms with van der Waals surface area (Å²) in [5.41, 5.74) is 0.915. The predicted molar refractivity (Wildman–Crippen MR) is 63.3 cm³/mol. The maximum Gasteiger partial charge on any atom is 0.165 e. The third kappa shape index (κ3) is 3.18. The van der Waals surface area contributed by atoms with Gasteiger partial charge in [-0.15, -0.1) is 0 Å². The zero-order chi connectivity index (χ0) is 12.0. The van der Waals surface area contributed by atoms with E-state index in [1.165, 1.54) is 6.07 Å². The van der Waals surface area contributed by atoms with Crippen molar-refractivity contribution >= 4 is 0 Å². The molecule has 0 saturated heterocycles. The SMILES string of the molecule is CCOc1ccc(C(CNC)NC)cc1F. The first kappa shape index (κ1) is 12.9. The molecule has 0 spiro atoms. The van der Waals surface area contributed by atoms with E-state index in [1.807, 2.05) is 27.1 Å². The highest BCUT2D eigenvalue weighted by molar-refractivity contribution is 5.31. The highest BCUT2D eigenvalue weighted by Crippen LogP contribution is 2.21. The summed E-state index contributed by atoms with van der Waals surface area (Å²) in [6, 6.07) is 5.18. The average Bonchev–Trinajstić information content (AvgIpc) is 2.29. The summed E-state index contributed by atoms with van der Waals surface area (Å²) < 4.78 is 18.8. The number of hydrogen-bond donors (Lipinski definition) is 2. The molecule has 0 aliphatic rings. The van der Waals surface area contributed by atoms with Gasteiger partial charge in [0.25, 0.3) is 0 Å². The highest BCUT2D eigenvalue weighted by atomic mass is 19.1. The van der Waals surface area contributed by atoms with Crippen LogP contribution < -0.4 is 15.4 Å². The van der Waals surface area contributed by atoms with Crippen LogP contribution in [0, 0.1) is 5.82 Å². The molecule has 3 nitrogen and oxygen atoms in total. The maximum atomic E-state index is 13.6. The second kappa shape index (κ2) is 6.45. The molecule has 0 aromatic heterocycles. The summed E-state index contributed by atoms with van der Waals surface area (Å²) in [6.45, 7) is 3.07. The first-order valence-corrected chi connectivity index (χ1v) is 5.47. The Labute approximate surface area is 96.0 Å². The second-order valence-corrected chi connectivity index (χ2v) is 3.52. The van der Waals surface area contributed by atoms with Gasteiger partial charge in [-0.2, -0.15) is 0 Å².